The van der Waals surface area contributed by atoms with Gasteiger partial charge in [-0.2, -0.15) is 5.10 Å². The Balaban J connectivity index is 1.86. The first-order chi connectivity index (χ1) is 10.8. The second kappa shape index (κ2) is 5.44. The highest BCUT2D eigenvalue weighted by Gasteiger charge is 2.29. The van der Waals surface area contributed by atoms with Crippen LogP contribution in [-0.2, 0) is 18.5 Å². The Morgan fingerprint density at radius 3 is 2.70 bits per heavy atom. The number of amides is 1. The predicted octanol–water partition coefficient (Wildman–Crippen LogP) is 3.11. The Morgan fingerprint density at radius 2 is 2.00 bits per heavy atom. The summed E-state index contributed by atoms with van der Waals surface area (Å²) in [5, 5.41) is 4.41. The van der Waals surface area contributed by atoms with E-state index in [1.807, 2.05) is 4.68 Å². The average Bonchev–Trinajstić information content (AvgIpc) is 2.92. The summed E-state index contributed by atoms with van der Waals surface area (Å²) < 4.78 is 29.1. The molecular weight excluding hydrogens is 300 g/mol. The van der Waals surface area contributed by atoms with Gasteiger partial charge in [-0.15, -0.1) is 0 Å². The third-order valence-electron chi connectivity index (χ3n) is 4.02. The second-order valence-corrected chi connectivity index (χ2v) is 6.80. The maximum Gasteiger partial charge on any atom is 0.257 e. The lowest BCUT2D eigenvalue weighted by Crippen LogP contribution is -2.38. The van der Waals surface area contributed by atoms with Gasteiger partial charge in [0.2, 0.25) is 0 Å². The molecule has 0 saturated heterocycles. The van der Waals surface area contributed by atoms with Gasteiger partial charge < -0.3 is 4.90 Å². The number of halogens is 2. The van der Waals surface area contributed by atoms with Crippen molar-refractivity contribution in [2.24, 2.45) is 0 Å². The van der Waals surface area contributed by atoms with Crippen LogP contribution in [0.3, 0.4) is 0 Å². The van der Waals surface area contributed by atoms with Gasteiger partial charge in [-0.3, -0.25) is 9.48 Å². The molecule has 1 aliphatic heterocycles. The van der Waals surface area contributed by atoms with Gasteiger partial charge >= 0.3 is 0 Å². The van der Waals surface area contributed by atoms with Crippen molar-refractivity contribution in [3.63, 3.8) is 0 Å². The third kappa shape index (κ3) is 2.85. The van der Waals surface area contributed by atoms with Gasteiger partial charge in [0.15, 0.2) is 0 Å². The summed E-state index contributed by atoms with van der Waals surface area (Å²) in [7, 11) is 0. The average molecular weight is 319 g/mol. The van der Waals surface area contributed by atoms with Gasteiger partial charge in [0.25, 0.3) is 5.91 Å². The van der Waals surface area contributed by atoms with Crippen LogP contribution in [0.25, 0.3) is 0 Å². The lowest BCUT2D eigenvalue weighted by molar-refractivity contribution is 0.0727. The van der Waals surface area contributed by atoms with E-state index in [-0.39, 0.29) is 11.1 Å². The first-order valence-electron chi connectivity index (χ1n) is 7.58. The molecule has 1 amide bonds. The lowest BCUT2D eigenvalue weighted by atomic mass is 10.0. The van der Waals surface area contributed by atoms with Gasteiger partial charge in [-0.1, -0.05) is 0 Å². The molecule has 1 aromatic carbocycles. The fraction of sp³-hybridized carbons (Fsp3) is 0.412. The Morgan fingerprint density at radius 1 is 1.26 bits per heavy atom. The quantitative estimate of drug-likeness (QED) is 0.810. The molecule has 2 heterocycles. The molecule has 0 spiro atoms. The van der Waals surface area contributed by atoms with Gasteiger partial charge in [0.05, 0.1) is 17.3 Å². The molecule has 3 rings (SSSR count). The molecule has 23 heavy (non-hydrogen) atoms. The van der Waals surface area contributed by atoms with Gasteiger partial charge in [-0.05, 0) is 39.0 Å². The largest absolute Gasteiger partial charge is 0.334 e. The second-order valence-electron chi connectivity index (χ2n) is 6.80. The van der Waals surface area contributed by atoms with Crippen molar-refractivity contribution in [3.8, 4) is 0 Å². The summed E-state index contributed by atoms with van der Waals surface area (Å²) in [6.45, 7) is 7.03. The van der Waals surface area contributed by atoms with Crippen LogP contribution >= 0.6 is 0 Å². The van der Waals surface area contributed by atoms with E-state index in [9.17, 15) is 13.6 Å². The van der Waals surface area contributed by atoms with Crippen LogP contribution in [0.15, 0.2) is 24.4 Å². The molecule has 0 aliphatic carbocycles. The number of hydrogen-bond donors (Lipinski definition) is 0. The highest BCUT2D eigenvalue weighted by molar-refractivity contribution is 5.94. The van der Waals surface area contributed by atoms with E-state index in [1.165, 1.54) is 4.90 Å². The smallest absolute Gasteiger partial charge is 0.257 e. The number of benzene rings is 1. The first-order valence-corrected chi connectivity index (χ1v) is 7.58. The zero-order valence-corrected chi connectivity index (χ0v) is 13.4. The molecular formula is C17H19F2N3O. The predicted molar refractivity (Wildman–Crippen MR) is 82.0 cm³/mol. The molecule has 0 N–H and O–H groups in total. The van der Waals surface area contributed by atoms with Crippen molar-refractivity contribution < 1.29 is 13.6 Å². The van der Waals surface area contributed by atoms with Crippen LogP contribution in [0.5, 0.6) is 0 Å². The fourth-order valence-corrected chi connectivity index (χ4v) is 2.91. The minimum absolute atomic E-state index is 0.131. The molecule has 0 radical (unpaired) electrons. The normalized spacial score (nSPS) is 14.7. The summed E-state index contributed by atoms with van der Waals surface area (Å²) in [5.41, 5.74) is 1.70. The zero-order valence-electron chi connectivity index (χ0n) is 13.4. The molecule has 0 atom stereocenters. The number of aromatic nitrogens is 2. The number of hydrogen-bond acceptors (Lipinski definition) is 2. The molecule has 1 aromatic heterocycles. The lowest BCUT2D eigenvalue weighted by Gasteiger charge is -2.30. The molecule has 4 nitrogen and oxygen atoms in total. The summed E-state index contributed by atoms with van der Waals surface area (Å²) in [6.07, 6.45) is 2.40. The van der Waals surface area contributed by atoms with Gasteiger partial charge in [0, 0.05) is 30.8 Å². The Kier molecular flexibility index (Phi) is 3.70. The van der Waals surface area contributed by atoms with E-state index in [2.05, 4.69) is 25.9 Å². The van der Waals surface area contributed by atoms with E-state index in [0.29, 0.717) is 19.5 Å². The molecule has 1 aliphatic rings. The zero-order chi connectivity index (χ0) is 16.8. The Bertz CT molecular complexity index is 762. The molecule has 122 valence electrons. The Hall–Kier alpha value is -2.24. The molecule has 6 heteroatoms. The molecule has 0 unspecified atom stereocenters. The maximum absolute atomic E-state index is 13.8. The number of carbonyl (C=O) groups is 1. The van der Waals surface area contributed by atoms with Crippen molar-refractivity contribution in [2.75, 3.05) is 6.54 Å². The van der Waals surface area contributed by atoms with E-state index in [1.54, 1.807) is 6.20 Å². The van der Waals surface area contributed by atoms with Gasteiger partial charge in [0.1, 0.15) is 11.6 Å². The van der Waals surface area contributed by atoms with E-state index in [0.717, 1.165) is 29.5 Å². The molecule has 2 aromatic rings. The number of nitrogens with zero attached hydrogens (tertiary/aromatic N) is 3. The number of fused-ring (bicyclic) bond motifs is 1. The van der Waals surface area contributed by atoms with Crippen molar-refractivity contribution in [2.45, 2.75) is 39.3 Å². The van der Waals surface area contributed by atoms with Crippen molar-refractivity contribution in [3.05, 3.63) is 52.9 Å². The minimum Gasteiger partial charge on any atom is -0.334 e. The van der Waals surface area contributed by atoms with Crippen LogP contribution in [0.4, 0.5) is 8.78 Å². The number of rotatable bonds is 1. The summed E-state index contributed by atoms with van der Waals surface area (Å²) >= 11 is 0. The van der Waals surface area contributed by atoms with Crippen molar-refractivity contribution in [1.29, 1.82) is 0 Å². The van der Waals surface area contributed by atoms with E-state index >= 15 is 0 Å². The Labute approximate surface area is 133 Å². The van der Waals surface area contributed by atoms with Crippen molar-refractivity contribution >= 4 is 5.91 Å². The highest BCUT2D eigenvalue weighted by atomic mass is 19.1. The van der Waals surface area contributed by atoms with Crippen LogP contribution < -0.4 is 0 Å². The van der Waals surface area contributed by atoms with Crippen LogP contribution in [0.1, 0.15) is 42.4 Å². The monoisotopic (exact) mass is 319 g/mol. The van der Waals surface area contributed by atoms with E-state index in [4.69, 9.17) is 0 Å². The van der Waals surface area contributed by atoms with Gasteiger partial charge in [-0.25, -0.2) is 8.78 Å². The SMILES string of the molecule is CC(C)(C)n1ncc2c1CCN(C(=O)c1cc(F)ccc1F)C2. The van der Waals surface area contributed by atoms with Crippen LogP contribution in [0.2, 0.25) is 0 Å². The third-order valence-corrected chi connectivity index (χ3v) is 4.02. The first kappa shape index (κ1) is 15.6. The maximum atomic E-state index is 13.8. The van der Waals surface area contributed by atoms with Crippen LogP contribution in [-0.4, -0.2) is 27.1 Å². The molecule has 0 saturated carbocycles. The van der Waals surface area contributed by atoms with Crippen molar-refractivity contribution in [1.82, 2.24) is 14.7 Å². The summed E-state index contributed by atoms with van der Waals surface area (Å²) in [4.78, 5) is 14.0. The van der Waals surface area contributed by atoms with E-state index < -0.39 is 17.5 Å². The number of carbonyl (C=O) groups excluding carboxylic acids is 1. The summed E-state index contributed by atoms with van der Waals surface area (Å²) in [6, 6.07) is 2.94. The fourth-order valence-electron chi connectivity index (χ4n) is 2.91. The molecule has 0 bridgehead atoms. The minimum atomic E-state index is -0.701. The summed E-state index contributed by atoms with van der Waals surface area (Å²) in [5.74, 6) is -1.81. The topological polar surface area (TPSA) is 38.1 Å². The van der Waals surface area contributed by atoms with Crippen LogP contribution in [0, 0.1) is 11.6 Å². The highest BCUT2D eigenvalue weighted by Crippen LogP contribution is 2.25. The molecule has 0 fully saturated rings. The standard InChI is InChI=1S/C17H19F2N3O/c1-17(2,3)22-15-6-7-21(10-11(15)9-20-22)16(23)13-8-12(18)4-5-14(13)19/h4-5,8-9H,6-7,10H2,1-3H3.